The monoisotopic (exact) mass is 248 g/mol. The molecule has 0 radical (unpaired) electrons. The number of hydrogen-bond acceptors (Lipinski definition) is 3. The summed E-state index contributed by atoms with van der Waals surface area (Å²) in [7, 11) is 2.09. The number of anilines is 2. The van der Waals surface area contributed by atoms with E-state index in [0.29, 0.717) is 24.0 Å². The largest absolute Gasteiger partial charge is 0.399 e. The zero-order valence-electron chi connectivity index (χ0n) is 10.6. The number of amides is 2. The molecule has 1 unspecified atom stereocenters. The van der Waals surface area contributed by atoms with Crippen LogP contribution in [0.15, 0.2) is 24.3 Å². The van der Waals surface area contributed by atoms with Crippen molar-refractivity contribution in [2.24, 2.45) is 0 Å². The molecule has 0 bridgehead atoms. The van der Waals surface area contributed by atoms with E-state index in [-0.39, 0.29) is 6.03 Å². The summed E-state index contributed by atoms with van der Waals surface area (Å²) in [5.41, 5.74) is 7.00. The van der Waals surface area contributed by atoms with Crippen molar-refractivity contribution in [3.8, 4) is 0 Å². The maximum absolute atomic E-state index is 11.7. The first-order valence-corrected chi connectivity index (χ1v) is 6.26. The van der Waals surface area contributed by atoms with Gasteiger partial charge in [0.25, 0.3) is 0 Å². The Kier molecular flexibility index (Phi) is 4.04. The molecule has 98 valence electrons. The number of nitrogen functional groups attached to an aromatic ring is 1. The van der Waals surface area contributed by atoms with E-state index < -0.39 is 0 Å². The smallest absolute Gasteiger partial charge is 0.319 e. The Morgan fingerprint density at radius 2 is 2.39 bits per heavy atom. The highest BCUT2D eigenvalue weighted by Crippen LogP contribution is 2.14. The summed E-state index contributed by atoms with van der Waals surface area (Å²) in [6.07, 6.45) is 2.36. The van der Waals surface area contributed by atoms with Crippen molar-refractivity contribution >= 4 is 17.4 Å². The molecule has 4 N–H and O–H groups in total. The van der Waals surface area contributed by atoms with Crippen LogP contribution in [0.25, 0.3) is 0 Å². The summed E-state index contributed by atoms with van der Waals surface area (Å²) < 4.78 is 0. The van der Waals surface area contributed by atoms with Crippen molar-refractivity contribution < 1.29 is 4.79 Å². The third-order valence-corrected chi connectivity index (χ3v) is 3.31. The number of nitrogens with two attached hydrogens (primary N) is 1. The predicted molar refractivity (Wildman–Crippen MR) is 73.5 cm³/mol. The first kappa shape index (κ1) is 12.7. The molecule has 5 heteroatoms. The molecule has 5 nitrogen and oxygen atoms in total. The molecule has 0 saturated carbocycles. The Bertz CT molecular complexity index is 421. The molecule has 18 heavy (non-hydrogen) atoms. The van der Waals surface area contributed by atoms with Gasteiger partial charge in [0.2, 0.25) is 0 Å². The van der Waals surface area contributed by atoms with Crippen LogP contribution < -0.4 is 16.4 Å². The molecule has 0 aliphatic carbocycles. The Morgan fingerprint density at radius 3 is 3.06 bits per heavy atom. The number of likely N-dealkylation sites (N-methyl/N-ethyl adjacent to an activating group) is 1. The van der Waals surface area contributed by atoms with Gasteiger partial charge in [-0.15, -0.1) is 0 Å². The topological polar surface area (TPSA) is 70.4 Å². The van der Waals surface area contributed by atoms with Gasteiger partial charge in [-0.3, -0.25) is 0 Å². The molecule has 1 aromatic rings. The average Bonchev–Trinajstić information content (AvgIpc) is 2.72. The second-order valence-electron chi connectivity index (χ2n) is 4.74. The lowest BCUT2D eigenvalue weighted by atomic mass is 10.2. The summed E-state index contributed by atoms with van der Waals surface area (Å²) in [5.74, 6) is 0. The maximum Gasteiger partial charge on any atom is 0.319 e. The number of carbonyl (C=O) groups excluding carboxylic acids is 1. The molecule has 1 aliphatic rings. The van der Waals surface area contributed by atoms with E-state index in [1.807, 2.05) is 12.1 Å². The minimum absolute atomic E-state index is 0.180. The van der Waals surface area contributed by atoms with Crippen LogP contribution in [-0.4, -0.2) is 37.1 Å². The molecule has 1 heterocycles. The van der Waals surface area contributed by atoms with Gasteiger partial charge in [-0.2, -0.15) is 0 Å². The second-order valence-corrected chi connectivity index (χ2v) is 4.74. The molecule has 1 saturated heterocycles. The van der Waals surface area contributed by atoms with Gasteiger partial charge >= 0.3 is 6.03 Å². The summed E-state index contributed by atoms with van der Waals surface area (Å²) in [4.78, 5) is 14.0. The zero-order chi connectivity index (χ0) is 13.0. The van der Waals surface area contributed by atoms with Crippen LogP contribution in [0.3, 0.4) is 0 Å². The molecule has 1 aromatic carbocycles. The fourth-order valence-electron chi connectivity index (χ4n) is 2.24. The number of hydrogen-bond donors (Lipinski definition) is 3. The average molecular weight is 248 g/mol. The predicted octanol–water partition coefficient (Wildman–Crippen LogP) is 1.48. The quantitative estimate of drug-likeness (QED) is 0.710. The van der Waals surface area contributed by atoms with Crippen molar-refractivity contribution in [2.75, 3.05) is 31.2 Å². The van der Waals surface area contributed by atoms with Crippen LogP contribution in [0, 0.1) is 0 Å². The van der Waals surface area contributed by atoms with E-state index in [0.717, 1.165) is 13.0 Å². The highest BCUT2D eigenvalue weighted by molar-refractivity contribution is 5.89. The minimum Gasteiger partial charge on any atom is -0.399 e. The Labute approximate surface area is 107 Å². The number of urea groups is 1. The normalized spacial score (nSPS) is 19.7. The summed E-state index contributed by atoms with van der Waals surface area (Å²) in [6, 6.07) is 7.43. The van der Waals surface area contributed by atoms with Gasteiger partial charge in [-0.1, -0.05) is 6.07 Å². The highest BCUT2D eigenvalue weighted by Gasteiger charge is 2.20. The van der Waals surface area contributed by atoms with Crippen LogP contribution in [0.4, 0.5) is 16.2 Å². The number of rotatable bonds is 3. The Balaban J connectivity index is 1.78. The van der Waals surface area contributed by atoms with Gasteiger partial charge in [-0.05, 0) is 44.6 Å². The fraction of sp³-hybridized carbons (Fsp3) is 0.462. The number of likely N-dealkylation sites (tertiary alicyclic amines) is 1. The molecule has 1 atom stereocenters. The molecule has 2 rings (SSSR count). The lowest BCUT2D eigenvalue weighted by molar-refractivity contribution is 0.245. The molecule has 2 amide bonds. The second kappa shape index (κ2) is 5.73. The molecular weight excluding hydrogens is 228 g/mol. The van der Waals surface area contributed by atoms with Crippen LogP contribution in [0.2, 0.25) is 0 Å². The van der Waals surface area contributed by atoms with Crippen LogP contribution in [-0.2, 0) is 0 Å². The first-order chi connectivity index (χ1) is 8.65. The van der Waals surface area contributed by atoms with E-state index >= 15 is 0 Å². The lowest BCUT2D eigenvalue weighted by Crippen LogP contribution is -2.40. The van der Waals surface area contributed by atoms with E-state index in [4.69, 9.17) is 5.73 Å². The van der Waals surface area contributed by atoms with Crippen molar-refractivity contribution in [1.82, 2.24) is 10.2 Å². The molecule has 0 spiro atoms. The van der Waals surface area contributed by atoms with Gasteiger partial charge in [0.1, 0.15) is 0 Å². The van der Waals surface area contributed by atoms with E-state index in [1.165, 1.54) is 6.42 Å². The van der Waals surface area contributed by atoms with Gasteiger partial charge in [-0.25, -0.2) is 4.79 Å². The standard InChI is InChI=1S/C13H20N4O/c1-17-7-3-6-12(17)9-15-13(18)16-11-5-2-4-10(14)8-11/h2,4-5,8,12H,3,6-7,9,14H2,1H3,(H2,15,16,18). The summed E-state index contributed by atoms with van der Waals surface area (Å²) in [6.45, 7) is 1.80. The van der Waals surface area contributed by atoms with E-state index in [9.17, 15) is 4.79 Å². The number of benzene rings is 1. The van der Waals surface area contributed by atoms with E-state index in [2.05, 4.69) is 22.6 Å². The number of nitrogens with zero attached hydrogens (tertiary/aromatic N) is 1. The minimum atomic E-state index is -0.180. The molecule has 1 fully saturated rings. The van der Waals surface area contributed by atoms with Crippen molar-refractivity contribution in [1.29, 1.82) is 0 Å². The van der Waals surface area contributed by atoms with E-state index in [1.54, 1.807) is 12.1 Å². The Hall–Kier alpha value is -1.75. The SMILES string of the molecule is CN1CCCC1CNC(=O)Nc1cccc(N)c1. The van der Waals surface area contributed by atoms with Crippen molar-refractivity contribution in [3.05, 3.63) is 24.3 Å². The first-order valence-electron chi connectivity index (χ1n) is 6.26. The third kappa shape index (κ3) is 3.37. The molecular formula is C13H20N4O. The highest BCUT2D eigenvalue weighted by atomic mass is 16.2. The van der Waals surface area contributed by atoms with Gasteiger partial charge in [0, 0.05) is 24.0 Å². The molecule has 1 aliphatic heterocycles. The molecule has 0 aromatic heterocycles. The van der Waals surface area contributed by atoms with Gasteiger partial charge < -0.3 is 21.3 Å². The van der Waals surface area contributed by atoms with Crippen LogP contribution in [0.1, 0.15) is 12.8 Å². The van der Waals surface area contributed by atoms with Crippen molar-refractivity contribution in [2.45, 2.75) is 18.9 Å². The van der Waals surface area contributed by atoms with Gasteiger partial charge in [0.05, 0.1) is 0 Å². The lowest BCUT2D eigenvalue weighted by Gasteiger charge is -2.19. The third-order valence-electron chi connectivity index (χ3n) is 3.31. The van der Waals surface area contributed by atoms with Crippen molar-refractivity contribution in [3.63, 3.8) is 0 Å². The maximum atomic E-state index is 11.7. The van der Waals surface area contributed by atoms with Gasteiger partial charge in [0.15, 0.2) is 0 Å². The summed E-state index contributed by atoms with van der Waals surface area (Å²) in [5, 5.41) is 5.66. The van der Waals surface area contributed by atoms with Crippen LogP contribution in [0.5, 0.6) is 0 Å². The zero-order valence-corrected chi connectivity index (χ0v) is 10.6. The van der Waals surface area contributed by atoms with Crippen LogP contribution >= 0.6 is 0 Å². The fourth-order valence-corrected chi connectivity index (χ4v) is 2.24. The number of carbonyl (C=O) groups is 1. The Morgan fingerprint density at radius 1 is 1.56 bits per heavy atom. The summed E-state index contributed by atoms with van der Waals surface area (Å²) >= 11 is 0. The number of nitrogens with one attached hydrogen (secondary N) is 2.